The lowest BCUT2D eigenvalue weighted by Crippen LogP contribution is -2.13. The average Bonchev–Trinajstić information content (AvgIpc) is 3.35. The zero-order valence-corrected chi connectivity index (χ0v) is 19.4. The molecule has 0 fully saturated rings. The van der Waals surface area contributed by atoms with Crippen LogP contribution in [0.15, 0.2) is 91.4 Å². The minimum absolute atomic E-state index is 0.0104. The van der Waals surface area contributed by atoms with Gasteiger partial charge in [0, 0.05) is 17.3 Å². The van der Waals surface area contributed by atoms with Gasteiger partial charge in [-0.05, 0) is 24.3 Å². The van der Waals surface area contributed by atoms with Crippen molar-refractivity contribution in [2.45, 2.75) is 0 Å². The number of anilines is 2. The maximum absolute atomic E-state index is 14.8. The van der Waals surface area contributed by atoms with Crippen LogP contribution in [-0.4, -0.2) is 25.7 Å². The third-order valence-electron chi connectivity index (χ3n) is 5.24. The summed E-state index contributed by atoms with van der Waals surface area (Å²) in [7, 11) is 0. The van der Waals surface area contributed by atoms with Gasteiger partial charge in [-0.2, -0.15) is 10.1 Å². The van der Waals surface area contributed by atoms with Crippen LogP contribution in [-0.2, 0) is 0 Å². The fourth-order valence-electron chi connectivity index (χ4n) is 3.55. The number of amides is 1. The van der Waals surface area contributed by atoms with Crippen LogP contribution in [0.4, 0.5) is 15.9 Å². The first kappa shape index (κ1) is 23.0. The van der Waals surface area contributed by atoms with E-state index in [4.69, 9.17) is 22.1 Å². The second-order valence-electron chi connectivity index (χ2n) is 7.60. The number of benzene rings is 3. The first-order chi connectivity index (χ1) is 17.5. The molecule has 0 spiro atoms. The molecule has 5 aromatic rings. The van der Waals surface area contributed by atoms with Crippen molar-refractivity contribution >= 4 is 29.0 Å². The van der Waals surface area contributed by atoms with Crippen LogP contribution in [0.5, 0.6) is 11.6 Å². The van der Waals surface area contributed by atoms with E-state index in [0.29, 0.717) is 11.3 Å². The van der Waals surface area contributed by atoms with Crippen molar-refractivity contribution in [2.24, 2.45) is 0 Å². The number of rotatable bonds is 6. The SMILES string of the molecule is Nc1ncnc(Oc2ccc(NC(=O)c3cnn(-c4ccccc4)c3-c3ccccc3)cc2F)c1Cl. The number of halogens is 2. The molecule has 0 radical (unpaired) electrons. The largest absolute Gasteiger partial charge is 0.434 e. The molecular weight excluding hydrogens is 483 g/mol. The van der Waals surface area contributed by atoms with E-state index >= 15 is 0 Å². The Bertz CT molecular complexity index is 1540. The highest BCUT2D eigenvalue weighted by molar-refractivity contribution is 6.34. The van der Waals surface area contributed by atoms with Crippen LogP contribution in [0.2, 0.25) is 5.02 Å². The van der Waals surface area contributed by atoms with E-state index in [9.17, 15) is 9.18 Å². The van der Waals surface area contributed by atoms with Crippen LogP contribution < -0.4 is 15.8 Å². The van der Waals surface area contributed by atoms with Gasteiger partial charge in [-0.3, -0.25) is 4.79 Å². The van der Waals surface area contributed by atoms with Crippen LogP contribution in [0.25, 0.3) is 16.9 Å². The van der Waals surface area contributed by atoms with Gasteiger partial charge < -0.3 is 15.8 Å². The van der Waals surface area contributed by atoms with Crippen molar-refractivity contribution in [3.63, 3.8) is 0 Å². The molecule has 1 amide bonds. The van der Waals surface area contributed by atoms with Crippen LogP contribution in [0, 0.1) is 5.82 Å². The molecule has 0 unspecified atom stereocenters. The van der Waals surface area contributed by atoms with Gasteiger partial charge in [0.25, 0.3) is 5.91 Å². The summed E-state index contributed by atoms with van der Waals surface area (Å²) >= 11 is 6.01. The van der Waals surface area contributed by atoms with Gasteiger partial charge in [0.05, 0.1) is 23.1 Å². The maximum Gasteiger partial charge on any atom is 0.259 e. The summed E-state index contributed by atoms with van der Waals surface area (Å²) in [5.41, 5.74) is 8.39. The fraction of sp³-hybridized carbons (Fsp3) is 0. The summed E-state index contributed by atoms with van der Waals surface area (Å²) in [6, 6.07) is 22.9. The van der Waals surface area contributed by atoms with Crippen LogP contribution in [0.1, 0.15) is 10.4 Å². The zero-order chi connectivity index (χ0) is 25.1. The molecule has 3 aromatic carbocycles. The number of nitrogens with one attached hydrogen (secondary N) is 1. The molecule has 0 aliphatic rings. The summed E-state index contributed by atoms with van der Waals surface area (Å²) in [6.45, 7) is 0. The predicted octanol–water partition coefficient (Wildman–Crippen LogP) is 5.75. The quantitative estimate of drug-likeness (QED) is 0.307. The number of para-hydroxylation sites is 1. The summed E-state index contributed by atoms with van der Waals surface area (Å²) in [6.07, 6.45) is 2.64. The molecular formula is C26H18ClFN6O2. The first-order valence-corrected chi connectivity index (χ1v) is 11.1. The number of nitrogens with zero attached hydrogens (tertiary/aromatic N) is 4. The normalized spacial score (nSPS) is 10.7. The Kier molecular flexibility index (Phi) is 6.29. The zero-order valence-electron chi connectivity index (χ0n) is 18.6. The topological polar surface area (TPSA) is 108 Å². The summed E-state index contributed by atoms with van der Waals surface area (Å²) < 4.78 is 21.9. The standard InChI is InChI=1S/C26H18ClFN6O2/c27-22-24(29)30-15-31-26(22)36-21-12-11-17(13-20(21)28)33-25(35)19-14-32-34(18-9-5-2-6-10-18)23(19)16-7-3-1-4-8-16/h1-15H,(H,33,35)(H2,29,30,31). The van der Waals surface area contributed by atoms with Crippen LogP contribution >= 0.6 is 11.6 Å². The third kappa shape index (κ3) is 4.59. The molecule has 10 heteroatoms. The summed E-state index contributed by atoms with van der Waals surface area (Å²) in [5.74, 6) is -1.40. The molecule has 3 N–H and O–H groups in total. The maximum atomic E-state index is 14.8. The molecule has 0 saturated carbocycles. The van der Waals surface area contributed by atoms with E-state index in [1.807, 2.05) is 60.7 Å². The van der Waals surface area contributed by atoms with Crippen molar-refractivity contribution in [2.75, 3.05) is 11.1 Å². The lowest BCUT2D eigenvalue weighted by Gasteiger charge is -2.12. The monoisotopic (exact) mass is 500 g/mol. The van der Waals surface area contributed by atoms with Gasteiger partial charge in [-0.25, -0.2) is 14.1 Å². The number of ether oxygens (including phenoxy) is 1. The third-order valence-corrected chi connectivity index (χ3v) is 5.60. The van der Waals surface area contributed by atoms with Crippen LogP contribution in [0.3, 0.4) is 0 Å². The fourth-order valence-corrected chi connectivity index (χ4v) is 3.69. The summed E-state index contributed by atoms with van der Waals surface area (Å²) in [4.78, 5) is 20.9. The van der Waals surface area contributed by atoms with E-state index in [1.54, 1.807) is 4.68 Å². The van der Waals surface area contributed by atoms with Gasteiger partial charge in [-0.15, -0.1) is 0 Å². The lowest BCUT2D eigenvalue weighted by molar-refractivity contribution is 0.102. The molecule has 0 aliphatic carbocycles. The second kappa shape index (κ2) is 9.85. The molecule has 0 bridgehead atoms. The highest BCUT2D eigenvalue weighted by Gasteiger charge is 2.21. The van der Waals surface area contributed by atoms with Gasteiger partial charge in [0.1, 0.15) is 17.2 Å². The Balaban J connectivity index is 1.43. The van der Waals surface area contributed by atoms with Crippen molar-refractivity contribution in [1.29, 1.82) is 0 Å². The Morgan fingerprint density at radius 3 is 2.44 bits per heavy atom. The van der Waals surface area contributed by atoms with E-state index in [-0.39, 0.29) is 28.2 Å². The van der Waals surface area contributed by atoms with Crippen molar-refractivity contribution in [3.05, 3.63) is 108 Å². The molecule has 2 heterocycles. The average molecular weight is 501 g/mol. The highest BCUT2D eigenvalue weighted by Crippen LogP contribution is 2.32. The summed E-state index contributed by atoms with van der Waals surface area (Å²) in [5, 5.41) is 7.14. The number of hydrogen-bond acceptors (Lipinski definition) is 6. The predicted molar refractivity (Wildman–Crippen MR) is 135 cm³/mol. The highest BCUT2D eigenvalue weighted by atomic mass is 35.5. The number of carbonyl (C=O) groups excluding carboxylic acids is 1. The van der Waals surface area contributed by atoms with Gasteiger partial charge in [0.15, 0.2) is 11.6 Å². The first-order valence-electron chi connectivity index (χ1n) is 10.7. The van der Waals surface area contributed by atoms with E-state index in [1.165, 1.54) is 18.3 Å². The van der Waals surface area contributed by atoms with E-state index in [2.05, 4.69) is 20.4 Å². The molecule has 5 rings (SSSR count). The number of nitrogens with two attached hydrogens (primary N) is 1. The van der Waals surface area contributed by atoms with Gasteiger partial charge in [0.2, 0.25) is 5.88 Å². The smallest absolute Gasteiger partial charge is 0.259 e. The molecule has 0 aliphatic heterocycles. The molecule has 8 nitrogen and oxygen atoms in total. The number of aromatic nitrogens is 4. The Morgan fingerprint density at radius 1 is 1.00 bits per heavy atom. The van der Waals surface area contributed by atoms with Crippen molar-refractivity contribution in [3.8, 4) is 28.6 Å². The van der Waals surface area contributed by atoms with E-state index in [0.717, 1.165) is 23.6 Å². The van der Waals surface area contributed by atoms with Crippen molar-refractivity contribution in [1.82, 2.24) is 19.7 Å². The molecule has 0 saturated heterocycles. The Morgan fingerprint density at radius 2 is 1.72 bits per heavy atom. The lowest BCUT2D eigenvalue weighted by atomic mass is 10.1. The molecule has 178 valence electrons. The molecule has 0 atom stereocenters. The van der Waals surface area contributed by atoms with Gasteiger partial charge in [-0.1, -0.05) is 60.1 Å². The number of nitrogen functional groups attached to an aromatic ring is 1. The Hall–Kier alpha value is -4.76. The minimum atomic E-state index is -0.732. The molecule has 2 aromatic heterocycles. The number of hydrogen-bond donors (Lipinski definition) is 2. The van der Waals surface area contributed by atoms with Crippen molar-refractivity contribution < 1.29 is 13.9 Å². The minimum Gasteiger partial charge on any atom is -0.434 e. The number of carbonyl (C=O) groups is 1. The molecule has 36 heavy (non-hydrogen) atoms. The van der Waals surface area contributed by atoms with Gasteiger partial charge >= 0.3 is 0 Å². The second-order valence-corrected chi connectivity index (χ2v) is 7.98. The Labute approximate surface area is 210 Å². The van der Waals surface area contributed by atoms with E-state index < -0.39 is 11.7 Å².